The van der Waals surface area contributed by atoms with Crippen LogP contribution in [0.2, 0.25) is 0 Å². The molecule has 0 radical (unpaired) electrons. The Hall–Kier alpha value is -3.15. The second kappa shape index (κ2) is 4.75. The minimum absolute atomic E-state index is 0.00927. The van der Waals surface area contributed by atoms with Gasteiger partial charge in [-0.25, -0.2) is 14.2 Å². The summed E-state index contributed by atoms with van der Waals surface area (Å²) >= 11 is 0. The maximum Gasteiger partial charge on any atom is 0.335 e. The minimum atomic E-state index is -1.12. The van der Waals surface area contributed by atoms with Gasteiger partial charge in [-0.15, -0.1) is 0 Å². The van der Waals surface area contributed by atoms with E-state index < -0.39 is 17.2 Å². The smallest absolute Gasteiger partial charge is 0.335 e. The Balaban J connectivity index is 2.36. The molecule has 3 rings (SSSR count). The van der Waals surface area contributed by atoms with Crippen molar-refractivity contribution in [1.29, 1.82) is 0 Å². The number of hydrogen-bond acceptors (Lipinski definition) is 3. The van der Waals surface area contributed by atoms with E-state index >= 15 is 0 Å². The molecule has 0 aliphatic heterocycles. The maximum absolute atomic E-state index is 12.4. The quantitative estimate of drug-likeness (QED) is 0.742. The molecule has 2 N–H and O–H groups in total. The third kappa shape index (κ3) is 2.12. The van der Waals surface area contributed by atoms with E-state index in [2.05, 4.69) is 4.98 Å². The molecule has 0 spiro atoms. The highest BCUT2D eigenvalue weighted by molar-refractivity contribution is 5.92. The number of nitrogens with zero attached hydrogens (tertiary/aromatic N) is 1. The van der Waals surface area contributed by atoms with Gasteiger partial charge in [-0.2, -0.15) is 0 Å². The van der Waals surface area contributed by atoms with Gasteiger partial charge in [0.15, 0.2) is 0 Å². The van der Waals surface area contributed by atoms with E-state index in [4.69, 9.17) is 5.11 Å². The summed E-state index contributed by atoms with van der Waals surface area (Å²) in [4.78, 5) is 38.0. The number of para-hydroxylation sites is 1. The van der Waals surface area contributed by atoms with Gasteiger partial charge in [0.05, 0.1) is 22.2 Å². The number of fused-ring (bicyclic) bond motifs is 1. The van der Waals surface area contributed by atoms with Gasteiger partial charge in [0.2, 0.25) is 0 Å². The van der Waals surface area contributed by atoms with E-state index in [0.717, 1.165) is 4.57 Å². The first kappa shape index (κ1) is 12.9. The van der Waals surface area contributed by atoms with Gasteiger partial charge in [-0.05, 0) is 30.3 Å². The number of aromatic amines is 1. The van der Waals surface area contributed by atoms with Crippen molar-refractivity contribution in [2.24, 2.45) is 0 Å². The molecule has 104 valence electrons. The molecule has 0 unspecified atom stereocenters. The van der Waals surface area contributed by atoms with Crippen LogP contribution in [0.25, 0.3) is 16.6 Å². The summed E-state index contributed by atoms with van der Waals surface area (Å²) in [6.45, 7) is 0. The van der Waals surface area contributed by atoms with Gasteiger partial charge >= 0.3 is 11.7 Å². The Morgan fingerprint density at radius 2 is 1.76 bits per heavy atom. The first-order valence-corrected chi connectivity index (χ1v) is 6.16. The van der Waals surface area contributed by atoms with Gasteiger partial charge in [0, 0.05) is 0 Å². The van der Waals surface area contributed by atoms with Crippen molar-refractivity contribution in [2.75, 3.05) is 0 Å². The Morgan fingerprint density at radius 1 is 1.05 bits per heavy atom. The summed E-state index contributed by atoms with van der Waals surface area (Å²) in [5.74, 6) is -1.12. The monoisotopic (exact) mass is 282 g/mol. The number of nitrogens with one attached hydrogen (secondary N) is 1. The van der Waals surface area contributed by atoms with E-state index in [1.54, 1.807) is 30.3 Å². The zero-order valence-electron chi connectivity index (χ0n) is 10.7. The van der Waals surface area contributed by atoms with Crippen molar-refractivity contribution in [1.82, 2.24) is 9.55 Å². The summed E-state index contributed by atoms with van der Waals surface area (Å²) in [6, 6.07) is 12.5. The molecule has 2 aromatic carbocycles. The fourth-order valence-electron chi connectivity index (χ4n) is 2.16. The molecule has 0 atom stereocenters. The standard InChI is InChI=1S/C15H10N2O4/c18-13-11-7-6-9(14(19)20)8-12(11)16-15(21)17(13)10-4-2-1-3-5-10/h1-8H,(H,16,21)(H,19,20). The largest absolute Gasteiger partial charge is 0.478 e. The predicted molar refractivity (Wildman–Crippen MR) is 77.1 cm³/mol. The maximum atomic E-state index is 12.4. The van der Waals surface area contributed by atoms with E-state index in [1.165, 1.54) is 18.2 Å². The Labute approximate surface area is 117 Å². The van der Waals surface area contributed by atoms with Crippen LogP contribution < -0.4 is 11.2 Å². The Morgan fingerprint density at radius 3 is 2.43 bits per heavy atom. The predicted octanol–water partition coefficient (Wildman–Crippen LogP) is 1.38. The van der Waals surface area contributed by atoms with Crippen LogP contribution >= 0.6 is 0 Å². The number of hydrogen-bond donors (Lipinski definition) is 2. The van der Waals surface area contributed by atoms with E-state index in [9.17, 15) is 14.4 Å². The molecule has 6 nitrogen and oxygen atoms in total. The van der Waals surface area contributed by atoms with Crippen LogP contribution in [0, 0.1) is 0 Å². The van der Waals surface area contributed by atoms with Crippen LogP contribution in [0.4, 0.5) is 0 Å². The van der Waals surface area contributed by atoms with E-state index in [0.29, 0.717) is 5.69 Å². The molecule has 0 amide bonds. The average molecular weight is 282 g/mol. The number of carboxylic acid groups (broad SMARTS) is 1. The third-order valence-corrected chi connectivity index (χ3v) is 3.16. The molecule has 1 aromatic heterocycles. The van der Waals surface area contributed by atoms with Gasteiger partial charge in [-0.3, -0.25) is 4.79 Å². The molecule has 6 heteroatoms. The lowest BCUT2D eigenvalue weighted by Gasteiger charge is -2.06. The number of benzene rings is 2. The number of H-pyrrole nitrogens is 1. The fourth-order valence-corrected chi connectivity index (χ4v) is 2.16. The molecule has 0 aliphatic rings. The summed E-state index contributed by atoms with van der Waals surface area (Å²) in [7, 11) is 0. The van der Waals surface area contributed by atoms with Crippen LogP contribution in [-0.2, 0) is 0 Å². The zero-order chi connectivity index (χ0) is 15.0. The topological polar surface area (TPSA) is 92.2 Å². The van der Waals surface area contributed by atoms with Gasteiger partial charge in [0.25, 0.3) is 5.56 Å². The molecule has 1 heterocycles. The van der Waals surface area contributed by atoms with Gasteiger partial charge in [-0.1, -0.05) is 18.2 Å². The Bertz CT molecular complexity index is 955. The van der Waals surface area contributed by atoms with E-state index in [1.807, 2.05) is 0 Å². The molecular formula is C15H10N2O4. The molecule has 0 aliphatic carbocycles. The third-order valence-electron chi connectivity index (χ3n) is 3.16. The lowest BCUT2D eigenvalue weighted by Crippen LogP contribution is -2.33. The molecule has 3 aromatic rings. The number of carbonyl (C=O) groups is 1. The van der Waals surface area contributed by atoms with Crippen molar-refractivity contribution in [3.8, 4) is 5.69 Å². The first-order valence-electron chi connectivity index (χ1n) is 6.16. The highest BCUT2D eigenvalue weighted by Gasteiger charge is 2.11. The van der Waals surface area contributed by atoms with Gasteiger partial charge < -0.3 is 10.1 Å². The average Bonchev–Trinajstić information content (AvgIpc) is 2.47. The van der Waals surface area contributed by atoms with Crippen LogP contribution in [-0.4, -0.2) is 20.6 Å². The van der Waals surface area contributed by atoms with Crippen molar-refractivity contribution >= 4 is 16.9 Å². The molecule has 0 saturated carbocycles. The minimum Gasteiger partial charge on any atom is -0.478 e. The molecule has 0 saturated heterocycles. The highest BCUT2D eigenvalue weighted by Crippen LogP contribution is 2.10. The second-order valence-corrected chi connectivity index (χ2v) is 4.47. The molecule has 21 heavy (non-hydrogen) atoms. The summed E-state index contributed by atoms with van der Waals surface area (Å²) in [5.41, 5.74) is -0.432. The molecule has 0 bridgehead atoms. The number of carboxylic acids is 1. The fraction of sp³-hybridized carbons (Fsp3) is 0. The number of rotatable bonds is 2. The van der Waals surface area contributed by atoms with Crippen molar-refractivity contribution in [2.45, 2.75) is 0 Å². The number of aromatic carboxylic acids is 1. The Kier molecular flexibility index (Phi) is 2.91. The summed E-state index contributed by atoms with van der Waals surface area (Å²) < 4.78 is 1.02. The van der Waals surface area contributed by atoms with Gasteiger partial charge in [0.1, 0.15) is 0 Å². The lowest BCUT2D eigenvalue weighted by atomic mass is 10.1. The SMILES string of the molecule is O=C(O)c1ccc2c(=O)n(-c3ccccc3)c(=O)[nH]c2c1. The summed E-state index contributed by atoms with van der Waals surface area (Å²) in [5, 5.41) is 9.19. The van der Waals surface area contributed by atoms with Crippen molar-refractivity contribution in [3.05, 3.63) is 74.9 Å². The first-order chi connectivity index (χ1) is 10.1. The molecular weight excluding hydrogens is 272 g/mol. The summed E-state index contributed by atoms with van der Waals surface area (Å²) in [6.07, 6.45) is 0. The number of aromatic nitrogens is 2. The van der Waals surface area contributed by atoms with E-state index in [-0.39, 0.29) is 16.5 Å². The van der Waals surface area contributed by atoms with Crippen LogP contribution in [0.5, 0.6) is 0 Å². The normalized spacial score (nSPS) is 10.7. The van der Waals surface area contributed by atoms with Crippen LogP contribution in [0.15, 0.2) is 58.1 Å². The van der Waals surface area contributed by atoms with Crippen molar-refractivity contribution in [3.63, 3.8) is 0 Å². The lowest BCUT2D eigenvalue weighted by molar-refractivity contribution is 0.0697. The second-order valence-electron chi connectivity index (χ2n) is 4.47. The van der Waals surface area contributed by atoms with Crippen molar-refractivity contribution < 1.29 is 9.90 Å². The molecule has 0 fully saturated rings. The highest BCUT2D eigenvalue weighted by atomic mass is 16.4. The zero-order valence-corrected chi connectivity index (χ0v) is 10.7. The van der Waals surface area contributed by atoms with Crippen LogP contribution in [0.1, 0.15) is 10.4 Å². The van der Waals surface area contributed by atoms with Crippen LogP contribution in [0.3, 0.4) is 0 Å².